The number of aromatic nitrogens is 5. The van der Waals surface area contributed by atoms with Gasteiger partial charge in [0.25, 0.3) is 5.91 Å². The fraction of sp³-hybridized carbons (Fsp3) is 0.261. The molecule has 1 amide bonds. The largest absolute Gasteiger partial charge is 0.315 e. The summed E-state index contributed by atoms with van der Waals surface area (Å²) in [6, 6.07) is 9.69. The molecule has 0 radical (unpaired) electrons. The number of hydrogen-bond acceptors (Lipinski definition) is 6. The van der Waals surface area contributed by atoms with Gasteiger partial charge in [0.2, 0.25) is 0 Å². The summed E-state index contributed by atoms with van der Waals surface area (Å²) < 4.78 is 15.4. The van der Waals surface area contributed by atoms with Crippen LogP contribution in [0.15, 0.2) is 55.0 Å². The van der Waals surface area contributed by atoms with Gasteiger partial charge in [-0.25, -0.2) is 9.37 Å². The predicted octanol–water partition coefficient (Wildman–Crippen LogP) is 2.96. The Balaban J connectivity index is 1.55. The fourth-order valence-electron chi connectivity index (χ4n) is 4.09. The molecule has 1 aliphatic heterocycles. The number of amides is 1. The molecule has 0 aliphatic carbocycles. The van der Waals surface area contributed by atoms with Gasteiger partial charge in [0, 0.05) is 36.9 Å². The third-order valence-corrected chi connectivity index (χ3v) is 5.67. The van der Waals surface area contributed by atoms with Crippen LogP contribution in [-0.2, 0) is 7.05 Å². The number of nitrogens with one attached hydrogen (secondary N) is 1. The molecule has 1 aliphatic rings. The third-order valence-electron chi connectivity index (χ3n) is 5.67. The molecule has 1 aromatic carbocycles. The number of carbonyl (C=O) groups excluding carboxylic acids is 1. The van der Waals surface area contributed by atoms with Crippen LogP contribution in [-0.4, -0.2) is 50.0 Å². The molecule has 162 valence electrons. The first-order valence-electron chi connectivity index (χ1n) is 10.5. The molecule has 5 rings (SSSR count). The zero-order valence-electron chi connectivity index (χ0n) is 17.6. The Hall–Kier alpha value is -3.72. The van der Waals surface area contributed by atoms with Crippen molar-refractivity contribution in [3.8, 4) is 11.3 Å². The van der Waals surface area contributed by atoms with E-state index in [4.69, 9.17) is 0 Å². The molecule has 32 heavy (non-hydrogen) atoms. The minimum Gasteiger partial charge on any atom is -0.315 e. The summed E-state index contributed by atoms with van der Waals surface area (Å²) in [5, 5.41) is 12.8. The monoisotopic (exact) mass is 431 g/mol. The Morgan fingerprint density at radius 2 is 2.12 bits per heavy atom. The highest BCUT2D eigenvalue weighted by Gasteiger charge is 2.30. The molecule has 1 fully saturated rings. The summed E-state index contributed by atoms with van der Waals surface area (Å²) >= 11 is 0. The number of piperidine rings is 1. The topological polar surface area (TPSA) is 88.8 Å². The van der Waals surface area contributed by atoms with Gasteiger partial charge in [0.05, 0.1) is 12.2 Å². The highest BCUT2D eigenvalue weighted by Crippen LogP contribution is 2.29. The lowest BCUT2D eigenvalue weighted by molar-refractivity contribution is 0.0967. The van der Waals surface area contributed by atoms with E-state index in [1.54, 1.807) is 53.4 Å². The smallest absolute Gasteiger partial charge is 0.278 e. The van der Waals surface area contributed by atoms with Crippen molar-refractivity contribution < 1.29 is 9.18 Å². The van der Waals surface area contributed by atoms with Gasteiger partial charge in [0.1, 0.15) is 23.0 Å². The average Bonchev–Trinajstić information content (AvgIpc) is 3.26. The second-order valence-corrected chi connectivity index (χ2v) is 7.88. The van der Waals surface area contributed by atoms with Crippen molar-refractivity contribution in [3.05, 3.63) is 66.5 Å². The lowest BCUT2D eigenvalue weighted by Gasteiger charge is -2.34. The fourth-order valence-corrected chi connectivity index (χ4v) is 4.09. The molecular formula is C23H22FN7O. The number of pyridine rings is 2. The molecule has 4 aromatic rings. The van der Waals surface area contributed by atoms with Gasteiger partial charge in [-0.3, -0.25) is 19.4 Å². The van der Waals surface area contributed by atoms with Crippen LogP contribution in [0, 0.1) is 5.82 Å². The highest BCUT2D eigenvalue weighted by molar-refractivity contribution is 6.09. The molecule has 1 N–H and O–H groups in total. The molecule has 0 unspecified atom stereocenters. The summed E-state index contributed by atoms with van der Waals surface area (Å²) in [4.78, 5) is 24.4. The first-order valence-corrected chi connectivity index (χ1v) is 10.5. The number of carbonyl (C=O) groups is 1. The number of aryl methyl sites for hydroxylation is 1. The Morgan fingerprint density at radius 3 is 2.84 bits per heavy atom. The van der Waals surface area contributed by atoms with Crippen molar-refractivity contribution >= 4 is 22.5 Å². The SMILES string of the molecule is Cn1cc(-c2ccc(C(=O)N(c3nccc4cc(F)ccc34)[C@@H]3CCCNC3)nc2)nn1. The van der Waals surface area contributed by atoms with Crippen molar-refractivity contribution in [2.75, 3.05) is 18.0 Å². The molecule has 3 aromatic heterocycles. The van der Waals surface area contributed by atoms with E-state index in [0.717, 1.165) is 30.3 Å². The number of halogens is 1. The maximum Gasteiger partial charge on any atom is 0.278 e. The molecule has 0 spiro atoms. The van der Waals surface area contributed by atoms with E-state index in [1.165, 1.54) is 12.1 Å². The van der Waals surface area contributed by atoms with Crippen LogP contribution in [0.5, 0.6) is 0 Å². The first-order chi connectivity index (χ1) is 15.6. The van der Waals surface area contributed by atoms with E-state index in [9.17, 15) is 9.18 Å². The zero-order valence-corrected chi connectivity index (χ0v) is 17.6. The number of hydrogen-bond donors (Lipinski definition) is 1. The number of fused-ring (bicyclic) bond motifs is 1. The van der Waals surface area contributed by atoms with E-state index in [-0.39, 0.29) is 17.8 Å². The third kappa shape index (κ3) is 3.82. The van der Waals surface area contributed by atoms with Crippen LogP contribution in [0.3, 0.4) is 0 Å². The summed E-state index contributed by atoms with van der Waals surface area (Å²) in [5.74, 6) is -0.0529. The number of rotatable bonds is 4. The van der Waals surface area contributed by atoms with Crippen molar-refractivity contribution in [1.82, 2.24) is 30.3 Å². The van der Waals surface area contributed by atoms with Gasteiger partial charge in [-0.15, -0.1) is 5.10 Å². The summed E-state index contributed by atoms with van der Waals surface area (Å²) in [7, 11) is 1.79. The minimum absolute atomic E-state index is 0.0825. The van der Waals surface area contributed by atoms with E-state index >= 15 is 0 Å². The number of anilines is 1. The van der Waals surface area contributed by atoms with Crippen LogP contribution in [0.4, 0.5) is 10.2 Å². The Labute approximate surface area is 184 Å². The van der Waals surface area contributed by atoms with Gasteiger partial charge in [-0.2, -0.15) is 0 Å². The Bertz CT molecular complexity index is 1270. The maximum absolute atomic E-state index is 13.8. The second kappa shape index (κ2) is 8.43. The van der Waals surface area contributed by atoms with Gasteiger partial charge in [-0.05, 0) is 61.2 Å². The average molecular weight is 431 g/mol. The molecule has 1 atom stereocenters. The molecular weight excluding hydrogens is 409 g/mol. The summed E-state index contributed by atoms with van der Waals surface area (Å²) in [5.41, 5.74) is 1.77. The van der Waals surface area contributed by atoms with Crippen LogP contribution >= 0.6 is 0 Å². The highest BCUT2D eigenvalue weighted by atomic mass is 19.1. The Kier molecular flexibility index (Phi) is 5.32. The standard InChI is InChI=1S/C23H22FN7O/c1-30-14-21(28-29-30)16-4-7-20(27-12-16)23(32)31(18-3-2-9-25-13-18)22-19-6-5-17(24)11-15(19)8-10-26-22/h4-8,10-12,14,18,25H,2-3,9,13H2,1H3/t18-/m1/s1. The van der Waals surface area contributed by atoms with Crippen molar-refractivity contribution in [1.29, 1.82) is 0 Å². The molecule has 0 bridgehead atoms. The normalized spacial score (nSPS) is 16.2. The second-order valence-electron chi connectivity index (χ2n) is 7.88. The van der Waals surface area contributed by atoms with Gasteiger partial charge < -0.3 is 5.32 Å². The van der Waals surface area contributed by atoms with Crippen LogP contribution < -0.4 is 10.2 Å². The molecule has 0 saturated carbocycles. The lowest BCUT2D eigenvalue weighted by Crippen LogP contribution is -2.49. The zero-order chi connectivity index (χ0) is 22.1. The summed E-state index contributed by atoms with van der Waals surface area (Å²) in [6.45, 7) is 1.57. The molecule has 1 saturated heterocycles. The van der Waals surface area contributed by atoms with Crippen molar-refractivity contribution in [3.63, 3.8) is 0 Å². The van der Waals surface area contributed by atoms with Crippen LogP contribution in [0.1, 0.15) is 23.3 Å². The van der Waals surface area contributed by atoms with E-state index in [0.29, 0.717) is 29.1 Å². The van der Waals surface area contributed by atoms with E-state index in [2.05, 4.69) is 25.6 Å². The van der Waals surface area contributed by atoms with Crippen LogP contribution in [0.25, 0.3) is 22.0 Å². The van der Waals surface area contributed by atoms with E-state index in [1.807, 2.05) is 6.07 Å². The van der Waals surface area contributed by atoms with Crippen molar-refractivity contribution in [2.45, 2.75) is 18.9 Å². The minimum atomic E-state index is -0.326. The number of nitrogens with zero attached hydrogens (tertiary/aromatic N) is 6. The van der Waals surface area contributed by atoms with Crippen molar-refractivity contribution in [2.24, 2.45) is 7.05 Å². The molecule has 9 heteroatoms. The number of benzene rings is 1. The quantitative estimate of drug-likeness (QED) is 0.535. The Morgan fingerprint density at radius 1 is 1.22 bits per heavy atom. The van der Waals surface area contributed by atoms with Crippen LogP contribution in [0.2, 0.25) is 0 Å². The molecule has 8 nitrogen and oxygen atoms in total. The summed E-state index contributed by atoms with van der Waals surface area (Å²) in [6.07, 6.45) is 6.82. The van der Waals surface area contributed by atoms with Gasteiger partial charge in [-0.1, -0.05) is 5.21 Å². The lowest BCUT2D eigenvalue weighted by atomic mass is 10.0. The first kappa shape index (κ1) is 20.2. The van der Waals surface area contributed by atoms with E-state index < -0.39 is 0 Å². The molecule has 4 heterocycles. The van der Waals surface area contributed by atoms with Gasteiger partial charge >= 0.3 is 0 Å². The maximum atomic E-state index is 13.8. The van der Waals surface area contributed by atoms with Gasteiger partial charge in [0.15, 0.2) is 0 Å². The predicted molar refractivity (Wildman–Crippen MR) is 119 cm³/mol.